The van der Waals surface area contributed by atoms with Crippen molar-refractivity contribution in [1.29, 1.82) is 0 Å². The maximum Gasteiger partial charge on any atom is 0.313 e. The third-order valence-electron chi connectivity index (χ3n) is 3.29. The molecule has 2 aromatic rings. The molecule has 2 rings (SSSR count). The summed E-state index contributed by atoms with van der Waals surface area (Å²) in [5.74, 6) is -0.410. The molecule has 0 unspecified atom stereocenters. The first-order chi connectivity index (χ1) is 10.0. The highest BCUT2D eigenvalue weighted by atomic mass is 32.2. The molecule has 4 nitrogen and oxygen atoms in total. The van der Waals surface area contributed by atoms with E-state index in [1.165, 1.54) is 22.2 Å². The number of aryl methyl sites for hydroxylation is 1. The molecule has 0 aliphatic heterocycles. The van der Waals surface area contributed by atoms with Crippen LogP contribution in [0.25, 0.3) is 0 Å². The van der Waals surface area contributed by atoms with Crippen molar-refractivity contribution in [3.63, 3.8) is 0 Å². The quantitative estimate of drug-likeness (QED) is 0.786. The van der Waals surface area contributed by atoms with Crippen molar-refractivity contribution in [2.45, 2.75) is 44.8 Å². The number of carboxylic acids is 1. The molecule has 2 heterocycles. The summed E-state index contributed by atoms with van der Waals surface area (Å²) in [6.45, 7) is 7.20. The van der Waals surface area contributed by atoms with Gasteiger partial charge in [0.05, 0.1) is 12.3 Å². The van der Waals surface area contributed by atoms with E-state index in [2.05, 4.69) is 41.8 Å². The Kier molecular flexibility index (Phi) is 5.47. The van der Waals surface area contributed by atoms with Gasteiger partial charge in [-0.25, -0.2) is 4.98 Å². The number of thiophene rings is 1. The number of carbonyl (C=O) groups is 1. The van der Waals surface area contributed by atoms with Gasteiger partial charge in [-0.15, -0.1) is 11.3 Å². The van der Waals surface area contributed by atoms with Crippen molar-refractivity contribution in [2.75, 3.05) is 5.75 Å². The topological polar surface area (TPSA) is 55.1 Å². The zero-order valence-electron chi connectivity index (χ0n) is 12.5. The molecule has 0 bridgehead atoms. The number of hydrogen-bond donors (Lipinski definition) is 1. The highest BCUT2D eigenvalue weighted by Crippen LogP contribution is 2.27. The summed E-state index contributed by atoms with van der Waals surface area (Å²) in [5, 5.41) is 11.8. The van der Waals surface area contributed by atoms with Gasteiger partial charge in [-0.2, -0.15) is 0 Å². The summed E-state index contributed by atoms with van der Waals surface area (Å²) in [6.07, 6.45) is 2.89. The van der Waals surface area contributed by atoms with Gasteiger partial charge in [0.15, 0.2) is 5.16 Å². The Morgan fingerprint density at radius 1 is 1.52 bits per heavy atom. The molecule has 0 radical (unpaired) electrons. The van der Waals surface area contributed by atoms with Gasteiger partial charge in [-0.1, -0.05) is 32.5 Å². The smallest absolute Gasteiger partial charge is 0.313 e. The molecule has 0 saturated heterocycles. The van der Waals surface area contributed by atoms with Crippen molar-refractivity contribution >= 4 is 29.1 Å². The average Bonchev–Trinajstić information content (AvgIpc) is 3.03. The van der Waals surface area contributed by atoms with Gasteiger partial charge in [0.25, 0.3) is 0 Å². The van der Waals surface area contributed by atoms with Gasteiger partial charge in [-0.05, 0) is 29.3 Å². The zero-order valence-corrected chi connectivity index (χ0v) is 14.1. The van der Waals surface area contributed by atoms with E-state index >= 15 is 0 Å². The van der Waals surface area contributed by atoms with Crippen LogP contribution in [0.5, 0.6) is 0 Å². The Hall–Kier alpha value is -1.27. The second-order valence-corrected chi connectivity index (χ2v) is 7.05. The molecule has 114 valence electrons. The van der Waals surface area contributed by atoms with Gasteiger partial charge in [0.2, 0.25) is 0 Å². The largest absolute Gasteiger partial charge is 0.481 e. The van der Waals surface area contributed by atoms with E-state index in [4.69, 9.17) is 5.11 Å². The first kappa shape index (κ1) is 16.1. The van der Waals surface area contributed by atoms with Crippen molar-refractivity contribution in [1.82, 2.24) is 9.55 Å². The van der Waals surface area contributed by atoms with E-state index < -0.39 is 5.97 Å². The van der Waals surface area contributed by atoms with Crippen molar-refractivity contribution in [2.24, 2.45) is 0 Å². The number of aromatic nitrogens is 2. The fourth-order valence-corrected chi connectivity index (χ4v) is 3.87. The van der Waals surface area contributed by atoms with E-state index in [0.29, 0.717) is 5.92 Å². The molecule has 6 heteroatoms. The normalized spacial score (nSPS) is 11.2. The molecule has 21 heavy (non-hydrogen) atoms. The predicted molar refractivity (Wildman–Crippen MR) is 87.5 cm³/mol. The van der Waals surface area contributed by atoms with E-state index in [-0.39, 0.29) is 5.75 Å². The number of aliphatic carboxylic acids is 1. The number of imidazole rings is 1. The van der Waals surface area contributed by atoms with Crippen LogP contribution in [-0.4, -0.2) is 26.4 Å². The van der Waals surface area contributed by atoms with Crippen molar-refractivity contribution < 1.29 is 9.90 Å². The van der Waals surface area contributed by atoms with E-state index in [9.17, 15) is 4.79 Å². The first-order valence-corrected chi connectivity index (χ1v) is 8.84. The lowest BCUT2D eigenvalue weighted by molar-refractivity contribution is -0.133. The molecule has 0 fully saturated rings. The fraction of sp³-hybridized carbons (Fsp3) is 0.467. The lowest BCUT2D eigenvalue weighted by Gasteiger charge is -2.13. The maximum absolute atomic E-state index is 10.8. The van der Waals surface area contributed by atoms with Crippen LogP contribution in [-0.2, 0) is 17.8 Å². The van der Waals surface area contributed by atoms with Crippen LogP contribution in [0.1, 0.15) is 42.8 Å². The molecule has 0 aliphatic rings. The Morgan fingerprint density at radius 2 is 2.29 bits per heavy atom. The van der Waals surface area contributed by atoms with Crippen LogP contribution >= 0.6 is 23.1 Å². The molecule has 0 spiro atoms. The Labute approximate surface area is 133 Å². The van der Waals surface area contributed by atoms with Crippen molar-refractivity contribution in [3.05, 3.63) is 33.8 Å². The number of carboxylic acid groups (broad SMARTS) is 1. The Morgan fingerprint density at radius 3 is 2.90 bits per heavy atom. The van der Waals surface area contributed by atoms with Crippen LogP contribution in [0.15, 0.2) is 22.8 Å². The van der Waals surface area contributed by atoms with E-state index in [1.54, 1.807) is 11.3 Å². The average molecular weight is 324 g/mol. The summed E-state index contributed by atoms with van der Waals surface area (Å²) in [4.78, 5) is 16.5. The van der Waals surface area contributed by atoms with Gasteiger partial charge in [0, 0.05) is 16.8 Å². The number of hydrogen-bond acceptors (Lipinski definition) is 4. The lowest BCUT2D eigenvalue weighted by atomic mass is 10.1. The standard InChI is InChI=1S/C15H20N2O2S2/c1-4-11-5-6-20-13(11)8-17-12(10(2)3)7-16-15(17)21-9-14(18)19/h5-7,10H,4,8-9H2,1-3H3,(H,18,19). The van der Waals surface area contributed by atoms with Crippen LogP contribution in [0.4, 0.5) is 0 Å². The fourth-order valence-electron chi connectivity index (χ4n) is 2.20. The van der Waals surface area contributed by atoms with Gasteiger partial charge < -0.3 is 9.67 Å². The van der Waals surface area contributed by atoms with E-state index in [1.807, 2.05) is 6.20 Å². The monoisotopic (exact) mass is 324 g/mol. The minimum Gasteiger partial charge on any atom is -0.481 e. The van der Waals surface area contributed by atoms with E-state index in [0.717, 1.165) is 23.8 Å². The number of nitrogens with zero attached hydrogens (tertiary/aromatic N) is 2. The SMILES string of the molecule is CCc1ccsc1Cn1c(C(C)C)cnc1SCC(=O)O. The minimum absolute atomic E-state index is 0.0413. The van der Waals surface area contributed by atoms with Gasteiger partial charge >= 0.3 is 5.97 Å². The molecule has 0 amide bonds. The molecular formula is C15H20N2O2S2. The second kappa shape index (κ2) is 7.13. The zero-order chi connectivity index (χ0) is 15.4. The summed E-state index contributed by atoms with van der Waals surface area (Å²) in [7, 11) is 0. The Bertz CT molecular complexity index is 617. The summed E-state index contributed by atoms with van der Waals surface area (Å²) < 4.78 is 2.16. The predicted octanol–water partition coefficient (Wildman–Crippen LogP) is 3.86. The second-order valence-electron chi connectivity index (χ2n) is 5.11. The molecule has 0 saturated carbocycles. The van der Waals surface area contributed by atoms with Crippen LogP contribution in [0.2, 0.25) is 0 Å². The van der Waals surface area contributed by atoms with Crippen molar-refractivity contribution in [3.8, 4) is 0 Å². The lowest BCUT2D eigenvalue weighted by Crippen LogP contribution is -2.08. The summed E-state index contributed by atoms with van der Waals surface area (Å²) >= 11 is 3.04. The van der Waals surface area contributed by atoms with Crippen LogP contribution in [0.3, 0.4) is 0 Å². The molecular weight excluding hydrogens is 304 g/mol. The summed E-state index contributed by atoms with van der Waals surface area (Å²) in [6, 6.07) is 2.16. The summed E-state index contributed by atoms with van der Waals surface area (Å²) in [5.41, 5.74) is 2.51. The molecule has 1 N–H and O–H groups in total. The van der Waals surface area contributed by atoms with Gasteiger partial charge in [-0.3, -0.25) is 4.79 Å². The molecule has 0 aromatic carbocycles. The highest BCUT2D eigenvalue weighted by molar-refractivity contribution is 7.99. The maximum atomic E-state index is 10.8. The Balaban J connectivity index is 2.30. The molecule has 0 aliphatic carbocycles. The van der Waals surface area contributed by atoms with Crippen LogP contribution in [0, 0.1) is 0 Å². The third kappa shape index (κ3) is 3.89. The number of rotatable bonds is 7. The first-order valence-electron chi connectivity index (χ1n) is 6.98. The number of thioether (sulfide) groups is 1. The van der Waals surface area contributed by atoms with Gasteiger partial charge in [0.1, 0.15) is 0 Å². The third-order valence-corrected chi connectivity index (χ3v) is 5.21. The molecule has 2 aromatic heterocycles. The molecule has 0 atom stereocenters. The highest BCUT2D eigenvalue weighted by Gasteiger charge is 2.16. The van der Waals surface area contributed by atoms with Crippen LogP contribution < -0.4 is 0 Å². The minimum atomic E-state index is -0.814.